The second-order valence-corrected chi connectivity index (χ2v) is 7.11. The van der Waals surface area contributed by atoms with E-state index in [1.807, 2.05) is 6.92 Å². The third kappa shape index (κ3) is 3.19. The number of benzene rings is 1. The summed E-state index contributed by atoms with van der Waals surface area (Å²) in [6.45, 7) is 3.49. The van der Waals surface area contributed by atoms with E-state index in [4.69, 9.17) is 0 Å². The van der Waals surface area contributed by atoms with Crippen LogP contribution in [0.15, 0.2) is 23.1 Å². The van der Waals surface area contributed by atoms with Crippen LogP contribution in [0.1, 0.15) is 31.7 Å². The number of sulfonamides is 1. The smallest absolute Gasteiger partial charge is 0.241 e. The van der Waals surface area contributed by atoms with E-state index < -0.39 is 15.8 Å². The zero-order chi connectivity index (χ0) is 14.9. The van der Waals surface area contributed by atoms with Crippen LogP contribution < -0.4 is 4.72 Å². The summed E-state index contributed by atoms with van der Waals surface area (Å²) in [4.78, 5) is 0.109. The highest BCUT2D eigenvalue weighted by Crippen LogP contribution is 2.32. The molecule has 0 spiro atoms. The molecule has 0 saturated heterocycles. The molecule has 0 aliphatic heterocycles. The van der Waals surface area contributed by atoms with Crippen molar-refractivity contribution in [2.24, 2.45) is 5.92 Å². The first kappa shape index (κ1) is 15.4. The van der Waals surface area contributed by atoms with Crippen LogP contribution in [0, 0.1) is 18.7 Å². The molecule has 1 aromatic rings. The monoisotopic (exact) mass is 301 g/mol. The van der Waals surface area contributed by atoms with Gasteiger partial charge in [0.05, 0.1) is 11.0 Å². The van der Waals surface area contributed by atoms with Crippen molar-refractivity contribution in [1.82, 2.24) is 4.72 Å². The Hall–Kier alpha value is -0.980. The fourth-order valence-corrected chi connectivity index (χ4v) is 4.26. The lowest BCUT2D eigenvalue weighted by atomic mass is 9.77. The fourth-order valence-electron chi connectivity index (χ4n) is 2.65. The highest BCUT2D eigenvalue weighted by molar-refractivity contribution is 7.89. The Morgan fingerprint density at radius 1 is 1.45 bits per heavy atom. The van der Waals surface area contributed by atoms with Gasteiger partial charge in [-0.2, -0.15) is 0 Å². The lowest BCUT2D eigenvalue weighted by molar-refractivity contribution is 0.0277. The molecule has 2 N–H and O–H groups in total. The minimum Gasteiger partial charge on any atom is -0.393 e. The molecule has 0 unspecified atom stereocenters. The van der Waals surface area contributed by atoms with E-state index in [1.165, 1.54) is 12.1 Å². The molecular formula is C14H20FNO3S. The first-order valence-corrected chi connectivity index (χ1v) is 8.28. The van der Waals surface area contributed by atoms with Crippen LogP contribution in [0.2, 0.25) is 0 Å². The van der Waals surface area contributed by atoms with E-state index in [-0.39, 0.29) is 23.0 Å². The average Bonchev–Trinajstić information content (AvgIpc) is 2.32. The van der Waals surface area contributed by atoms with Crippen molar-refractivity contribution < 1.29 is 17.9 Å². The molecule has 1 aliphatic carbocycles. The van der Waals surface area contributed by atoms with Gasteiger partial charge in [0.15, 0.2) is 0 Å². The highest BCUT2D eigenvalue weighted by atomic mass is 32.2. The SMILES string of the molecule is CC[C@H](NS(=O)(=O)c1ccc(F)cc1C)C1CC(O)C1. The number of aliphatic hydroxyl groups excluding tert-OH is 1. The molecule has 1 atom stereocenters. The van der Waals surface area contributed by atoms with Crippen LogP contribution in [-0.4, -0.2) is 25.7 Å². The van der Waals surface area contributed by atoms with Gasteiger partial charge in [0.25, 0.3) is 0 Å². The number of rotatable bonds is 5. The molecule has 1 aromatic carbocycles. The number of nitrogens with one attached hydrogen (secondary N) is 1. The standard InChI is InChI=1S/C14H20FNO3S/c1-3-13(10-7-12(17)8-10)16-20(18,19)14-5-4-11(15)6-9(14)2/h4-6,10,12-13,16-17H,3,7-8H2,1-2H3/t10?,12?,13-/m0/s1. The van der Waals surface area contributed by atoms with Crippen molar-refractivity contribution in [2.45, 2.75) is 50.2 Å². The maximum Gasteiger partial charge on any atom is 0.241 e. The van der Waals surface area contributed by atoms with Crippen molar-refractivity contribution in [3.05, 3.63) is 29.6 Å². The first-order chi connectivity index (χ1) is 9.33. The van der Waals surface area contributed by atoms with Gasteiger partial charge in [-0.1, -0.05) is 6.92 Å². The summed E-state index contributed by atoms with van der Waals surface area (Å²) in [6, 6.07) is 3.46. The van der Waals surface area contributed by atoms with Gasteiger partial charge in [0, 0.05) is 6.04 Å². The van der Waals surface area contributed by atoms with Gasteiger partial charge in [-0.15, -0.1) is 0 Å². The van der Waals surface area contributed by atoms with Crippen molar-refractivity contribution in [3.63, 3.8) is 0 Å². The molecule has 0 radical (unpaired) electrons. The number of hydrogen-bond donors (Lipinski definition) is 2. The zero-order valence-corrected chi connectivity index (χ0v) is 12.5. The molecule has 112 valence electrons. The normalized spacial score (nSPS) is 24.2. The molecule has 0 bridgehead atoms. The van der Waals surface area contributed by atoms with Gasteiger partial charge in [-0.05, 0) is 55.9 Å². The van der Waals surface area contributed by atoms with Crippen LogP contribution in [-0.2, 0) is 10.0 Å². The minimum absolute atomic E-state index is 0.109. The largest absolute Gasteiger partial charge is 0.393 e. The Labute approximate surface area is 119 Å². The van der Waals surface area contributed by atoms with E-state index in [1.54, 1.807) is 6.92 Å². The molecule has 1 saturated carbocycles. The lowest BCUT2D eigenvalue weighted by Gasteiger charge is -2.37. The molecule has 4 nitrogen and oxygen atoms in total. The van der Waals surface area contributed by atoms with Crippen molar-refractivity contribution in [2.75, 3.05) is 0 Å². The Bertz CT molecular complexity index is 582. The predicted molar refractivity (Wildman–Crippen MR) is 74.3 cm³/mol. The number of aryl methyl sites for hydroxylation is 1. The molecule has 2 rings (SSSR count). The molecule has 0 amide bonds. The second kappa shape index (κ2) is 5.79. The van der Waals surface area contributed by atoms with Crippen LogP contribution >= 0.6 is 0 Å². The maximum absolute atomic E-state index is 13.1. The minimum atomic E-state index is -3.66. The van der Waals surface area contributed by atoms with E-state index in [2.05, 4.69) is 4.72 Å². The van der Waals surface area contributed by atoms with Gasteiger partial charge in [0.1, 0.15) is 5.82 Å². The molecule has 20 heavy (non-hydrogen) atoms. The summed E-state index contributed by atoms with van der Waals surface area (Å²) in [7, 11) is -3.66. The molecule has 1 fully saturated rings. The quantitative estimate of drug-likeness (QED) is 0.873. The number of aliphatic hydroxyl groups is 1. The predicted octanol–water partition coefficient (Wildman–Crippen LogP) is 1.96. The summed E-state index contributed by atoms with van der Waals surface area (Å²) < 4.78 is 40.5. The summed E-state index contributed by atoms with van der Waals surface area (Å²) >= 11 is 0. The van der Waals surface area contributed by atoms with Gasteiger partial charge < -0.3 is 5.11 Å². The zero-order valence-electron chi connectivity index (χ0n) is 11.6. The number of halogens is 1. The van der Waals surface area contributed by atoms with Crippen molar-refractivity contribution in [1.29, 1.82) is 0 Å². The summed E-state index contributed by atoms with van der Waals surface area (Å²) in [5.74, 6) is -0.277. The molecule has 6 heteroatoms. The summed E-state index contributed by atoms with van der Waals surface area (Å²) in [5.41, 5.74) is 0.390. The third-order valence-electron chi connectivity index (χ3n) is 3.89. The summed E-state index contributed by atoms with van der Waals surface area (Å²) in [5, 5.41) is 9.33. The second-order valence-electron chi connectivity index (χ2n) is 5.43. The van der Waals surface area contributed by atoms with Gasteiger partial charge in [-0.25, -0.2) is 17.5 Å². The fraction of sp³-hybridized carbons (Fsp3) is 0.571. The Morgan fingerprint density at radius 2 is 2.10 bits per heavy atom. The Kier molecular flexibility index (Phi) is 4.46. The Morgan fingerprint density at radius 3 is 2.60 bits per heavy atom. The van der Waals surface area contributed by atoms with E-state index >= 15 is 0 Å². The molecular weight excluding hydrogens is 281 g/mol. The van der Waals surface area contributed by atoms with Crippen LogP contribution in [0.25, 0.3) is 0 Å². The molecule has 0 heterocycles. The third-order valence-corrected chi connectivity index (χ3v) is 5.54. The van der Waals surface area contributed by atoms with Gasteiger partial charge >= 0.3 is 0 Å². The van der Waals surface area contributed by atoms with Crippen molar-refractivity contribution >= 4 is 10.0 Å². The molecule has 0 aromatic heterocycles. The lowest BCUT2D eigenvalue weighted by Crippen LogP contribution is -2.46. The first-order valence-electron chi connectivity index (χ1n) is 6.80. The van der Waals surface area contributed by atoms with Crippen LogP contribution in [0.5, 0.6) is 0 Å². The van der Waals surface area contributed by atoms with E-state index in [9.17, 15) is 17.9 Å². The average molecular weight is 301 g/mol. The maximum atomic E-state index is 13.1. The van der Waals surface area contributed by atoms with Crippen molar-refractivity contribution in [3.8, 4) is 0 Å². The summed E-state index contributed by atoms with van der Waals surface area (Å²) in [6.07, 6.45) is 1.61. The highest BCUT2D eigenvalue weighted by Gasteiger charge is 2.35. The topological polar surface area (TPSA) is 66.4 Å². The van der Waals surface area contributed by atoms with E-state index in [0.29, 0.717) is 24.8 Å². The number of hydrogen-bond acceptors (Lipinski definition) is 3. The van der Waals surface area contributed by atoms with E-state index in [0.717, 1.165) is 6.07 Å². The van der Waals surface area contributed by atoms with Gasteiger partial charge in [0.2, 0.25) is 10.0 Å². The molecule has 1 aliphatic rings. The van der Waals surface area contributed by atoms with Crippen LogP contribution in [0.4, 0.5) is 4.39 Å². The van der Waals surface area contributed by atoms with Crippen LogP contribution in [0.3, 0.4) is 0 Å². The Balaban J connectivity index is 2.17. The van der Waals surface area contributed by atoms with Gasteiger partial charge in [-0.3, -0.25) is 0 Å².